The number of aromatic nitrogens is 3. The van der Waals surface area contributed by atoms with Crippen LogP contribution in [0, 0.1) is 6.92 Å². The van der Waals surface area contributed by atoms with Gasteiger partial charge in [0.2, 0.25) is 0 Å². The molecule has 4 rings (SSSR count). The third-order valence-electron chi connectivity index (χ3n) is 4.58. The number of nitrogens with one attached hydrogen (secondary N) is 2. The molecule has 1 fully saturated rings. The summed E-state index contributed by atoms with van der Waals surface area (Å²) < 4.78 is 1.40. The number of carbonyl (C=O) groups excluding carboxylic acids is 1. The normalized spacial score (nSPS) is 15.3. The summed E-state index contributed by atoms with van der Waals surface area (Å²) >= 11 is 1.47. The van der Waals surface area contributed by atoms with Crippen LogP contribution < -0.4 is 16.2 Å². The van der Waals surface area contributed by atoms with E-state index in [-0.39, 0.29) is 11.1 Å². The Morgan fingerprint density at radius 3 is 2.88 bits per heavy atom. The molecule has 134 valence electrons. The summed E-state index contributed by atoms with van der Waals surface area (Å²) in [5, 5.41) is 6.59. The van der Waals surface area contributed by atoms with Crippen molar-refractivity contribution in [1.82, 2.24) is 19.7 Å². The number of amides is 1. The Morgan fingerprint density at radius 1 is 1.27 bits per heavy atom. The number of nitrogens with zero attached hydrogens (tertiary/aromatic N) is 3. The second-order valence-electron chi connectivity index (χ2n) is 6.46. The summed E-state index contributed by atoms with van der Waals surface area (Å²) in [7, 11) is 0. The lowest BCUT2D eigenvalue weighted by Gasteiger charge is -2.20. The number of carbonyl (C=O) groups is 1. The number of aryl methyl sites for hydroxylation is 1. The van der Waals surface area contributed by atoms with Crippen LogP contribution >= 0.6 is 11.3 Å². The number of anilines is 1. The Balaban J connectivity index is 1.57. The fourth-order valence-corrected chi connectivity index (χ4v) is 4.12. The number of thiazole rings is 1. The van der Waals surface area contributed by atoms with Gasteiger partial charge < -0.3 is 5.32 Å². The molecule has 0 aromatic carbocycles. The molecule has 0 atom stereocenters. The molecule has 0 spiro atoms. The van der Waals surface area contributed by atoms with Gasteiger partial charge in [0, 0.05) is 23.5 Å². The van der Waals surface area contributed by atoms with Gasteiger partial charge >= 0.3 is 0 Å². The van der Waals surface area contributed by atoms with E-state index in [1.54, 1.807) is 12.3 Å². The lowest BCUT2D eigenvalue weighted by molar-refractivity contribution is 0.102. The Hall–Kier alpha value is -2.58. The van der Waals surface area contributed by atoms with Gasteiger partial charge in [-0.25, -0.2) is 9.97 Å². The molecule has 1 aliphatic heterocycles. The standard InChI is InChI=1S/C18H19N5O2S/c1-11-2-3-15-20-8-13(17(25)23(15)10-11)16(24)22-18-21-9-14(26-18)12-4-6-19-7-5-12/h2-3,8-10,12,19H,4-7H2,1H3,(H,21,22,24). The van der Waals surface area contributed by atoms with E-state index in [1.165, 1.54) is 26.8 Å². The van der Waals surface area contributed by atoms with E-state index in [9.17, 15) is 9.59 Å². The Morgan fingerprint density at radius 2 is 2.08 bits per heavy atom. The number of hydrogen-bond acceptors (Lipinski definition) is 6. The smallest absolute Gasteiger partial charge is 0.270 e. The van der Waals surface area contributed by atoms with Crippen molar-refractivity contribution in [2.75, 3.05) is 18.4 Å². The van der Waals surface area contributed by atoms with E-state index in [4.69, 9.17) is 0 Å². The van der Waals surface area contributed by atoms with E-state index in [0.29, 0.717) is 16.7 Å². The second-order valence-corrected chi connectivity index (χ2v) is 7.52. The highest BCUT2D eigenvalue weighted by molar-refractivity contribution is 7.15. The van der Waals surface area contributed by atoms with Crippen molar-refractivity contribution < 1.29 is 4.79 Å². The SMILES string of the molecule is Cc1ccc2ncc(C(=O)Nc3ncc(C4CCNCC4)s3)c(=O)n2c1. The molecule has 1 amide bonds. The fraction of sp³-hybridized carbons (Fsp3) is 0.333. The van der Waals surface area contributed by atoms with Gasteiger partial charge in [0.15, 0.2) is 5.13 Å². The zero-order chi connectivity index (χ0) is 18.1. The molecule has 3 aromatic heterocycles. The minimum absolute atomic E-state index is 0.00622. The zero-order valence-electron chi connectivity index (χ0n) is 14.4. The fourth-order valence-electron chi connectivity index (χ4n) is 3.14. The van der Waals surface area contributed by atoms with Crippen molar-refractivity contribution in [2.45, 2.75) is 25.7 Å². The summed E-state index contributed by atoms with van der Waals surface area (Å²) in [5.41, 5.74) is 1.06. The molecule has 1 saturated heterocycles. The van der Waals surface area contributed by atoms with Crippen LogP contribution in [-0.2, 0) is 0 Å². The highest BCUT2D eigenvalue weighted by Crippen LogP contribution is 2.31. The monoisotopic (exact) mass is 369 g/mol. The summed E-state index contributed by atoms with van der Waals surface area (Å²) in [6, 6.07) is 3.63. The molecule has 0 aliphatic carbocycles. The van der Waals surface area contributed by atoms with Gasteiger partial charge in [-0.3, -0.25) is 19.3 Å². The number of fused-ring (bicyclic) bond motifs is 1. The van der Waals surface area contributed by atoms with Crippen LogP contribution in [0.2, 0.25) is 0 Å². The first-order chi connectivity index (χ1) is 12.6. The maximum Gasteiger partial charge on any atom is 0.270 e. The van der Waals surface area contributed by atoms with Gasteiger partial charge in [-0.1, -0.05) is 6.07 Å². The van der Waals surface area contributed by atoms with Crippen molar-refractivity contribution >= 4 is 28.0 Å². The lowest BCUT2D eigenvalue weighted by atomic mass is 9.97. The third-order valence-corrected chi connectivity index (χ3v) is 5.66. The van der Waals surface area contributed by atoms with E-state index < -0.39 is 5.91 Å². The maximum atomic E-state index is 12.6. The van der Waals surface area contributed by atoms with Crippen LogP contribution in [0.15, 0.2) is 35.5 Å². The topological polar surface area (TPSA) is 88.4 Å². The predicted octanol–water partition coefficient (Wildman–Crippen LogP) is 2.18. The number of piperidine rings is 1. The molecule has 26 heavy (non-hydrogen) atoms. The molecular formula is C18H19N5O2S. The maximum absolute atomic E-state index is 12.6. The van der Waals surface area contributed by atoms with E-state index in [1.807, 2.05) is 19.2 Å². The van der Waals surface area contributed by atoms with Crippen LogP contribution in [-0.4, -0.2) is 33.4 Å². The molecule has 8 heteroatoms. The summed E-state index contributed by atoms with van der Waals surface area (Å²) in [4.78, 5) is 34.8. The first-order valence-corrected chi connectivity index (χ1v) is 9.39. The zero-order valence-corrected chi connectivity index (χ0v) is 15.2. The Kier molecular flexibility index (Phi) is 4.52. The van der Waals surface area contributed by atoms with E-state index in [0.717, 1.165) is 31.5 Å². The molecular weight excluding hydrogens is 350 g/mol. The quantitative estimate of drug-likeness (QED) is 0.739. The molecule has 0 bridgehead atoms. The molecule has 7 nitrogen and oxygen atoms in total. The molecule has 0 saturated carbocycles. The summed E-state index contributed by atoms with van der Waals surface area (Å²) in [6.45, 7) is 3.89. The van der Waals surface area contributed by atoms with Gasteiger partial charge in [0.1, 0.15) is 11.2 Å². The Labute approximate surface area is 154 Å². The molecule has 3 aromatic rings. The van der Waals surface area contributed by atoms with Gasteiger partial charge in [-0.2, -0.15) is 0 Å². The molecule has 1 aliphatic rings. The van der Waals surface area contributed by atoms with Crippen LogP contribution in [0.5, 0.6) is 0 Å². The first kappa shape index (κ1) is 16.9. The first-order valence-electron chi connectivity index (χ1n) is 8.57. The average Bonchev–Trinajstić information content (AvgIpc) is 3.11. The summed E-state index contributed by atoms with van der Waals surface area (Å²) in [6.07, 6.45) is 6.98. The minimum atomic E-state index is -0.482. The lowest BCUT2D eigenvalue weighted by Crippen LogP contribution is -2.26. The van der Waals surface area contributed by atoms with Crippen molar-refractivity contribution in [3.8, 4) is 0 Å². The van der Waals surface area contributed by atoms with Gasteiger partial charge in [-0.05, 0) is 50.4 Å². The van der Waals surface area contributed by atoms with E-state index >= 15 is 0 Å². The minimum Gasteiger partial charge on any atom is -0.317 e. The molecule has 4 heterocycles. The van der Waals surface area contributed by atoms with Crippen LogP contribution in [0.4, 0.5) is 5.13 Å². The molecule has 0 unspecified atom stereocenters. The highest BCUT2D eigenvalue weighted by atomic mass is 32.1. The number of hydrogen-bond donors (Lipinski definition) is 2. The number of pyridine rings is 1. The van der Waals surface area contributed by atoms with Gasteiger partial charge in [-0.15, -0.1) is 11.3 Å². The van der Waals surface area contributed by atoms with Crippen molar-refractivity contribution in [1.29, 1.82) is 0 Å². The third kappa shape index (κ3) is 3.25. The Bertz CT molecular complexity index is 1020. The van der Waals surface area contributed by atoms with Crippen molar-refractivity contribution in [2.24, 2.45) is 0 Å². The van der Waals surface area contributed by atoms with Crippen LogP contribution in [0.1, 0.15) is 39.6 Å². The van der Waals surface area contributed by atoms with Gasteiger partial charge in [0.25, 0.3) is 11.5 Å². The largest absolute Gasteiger partial charge is 0.317 e. The molecule has 0 radical (unpaired) electrons. The van der Waals surface area contributed by atoms with E-state index in [2.05, 4.69) is 20.6 Å². The average molecular weight is 369 g/mol. The van der Waals surface area contributed by atoms with Crippen molar-refractivity contribution in [3.63, 3.8) is 0 Å². The van der Waals surface area contributed by atoms with Gasteiger partial charge in [0.05, 0.1) is 0 Å². The number of rotatable bonds is 3. The highest BCUT2D eigenvalue weighted by Gasteiger charge is 2.19. The molecule has 2 N–H and O–H groups in total. The van der Waals surface area contributed by atoms with Crippen molar-refractivity contribution in [3.05, 3.63) is 57.1 Å². The van der Waals surface area contributed by atoms with Crippen LogP contribution in [0.25, 0.3) is 5.65 Å². The predicted molar refractivity (Wildman–Crippen MR) is 101 cm³/mol. The summed E-state index contributed by atoms with van der Waals surface area (Å²) in [5.74, 6) is -0.0000419. The van der Waals surface area contributed by atoms with Crippen LogP contribution in [0.3, 0.4) is 0 Å². The second kappa shape index (κ2) is 6.97.